The third-order valence-corrected chi connectivity index (χ3v) is 7.73. The summed E-state index contributed by atoms with van der Waals surface area (Å²) in [4.78, 5) is 10.8. The molecule has 3 heterocycles. The zero-order chi connectivity index (χ0) is 30.2. The van der Waals surface area contributed by atoms with Gasteiger partial charge in [-0.1, -0.05) is 66.4 Å². The first-order valence-electron chi connectivity index (χ1n) is 14.7. The number of hydrogen-bond donors (Lipinski definition) is 0. The molecule has 0 radical (unpaired) electrons. The van der Waals surface area contributed by atoms with Crippen LogP contribution in [0.1, 0.15) is 0 Å². The van der Waals surface area contributed by atoms with Crippen molar-refractivity contribution in [2.75, 3.05) is 16.8 Å². The number of nitrogens with zero attached hydrogens (tertiary/aromatic N) is 4. The largest absolute Gasteiger partial charge is 0.510 e. The Labute approximate surface area is 282 Å². The molecule has 1 aliphatic rings. The van der Waals surface area contributed by atoms with Crippen LogP contribution in [0.4, 0.5) is 22.9 Å². The van der Waals surface area contributed by atoms with Crippen LogP contribution in [0.5, 0.6) is 11.5 Å². The third kappa shape index (κ3) is 5.53. The van der Waals surface area contributed by atoms with E-state index in [0.29, 0.717) is 11.5 Å². The number of para-hydroxylation sites is 3. The van der Waals surface area contributed by atoms with E-state index in [2.05, 4.69) is 53.4 Å². The fourth-order valence-electron chi connectivity index (χ4n) is 5.70. The van der Waals surface area contributed by atoms with Crippen LogP contribution in [0.3, 0.4) is 0 Å². The Morgan fingerprint density at radius 2 is 1.46 bits per heavy atom. The molecule has 8 rings (SSSR count). The summed E-state index contributed by atoms with van der Waals surface area (Å²) >= 11 is 0. The quantitative estimate of drug-likeness (QED) is 0.150. The predicted molar refractivity (Wildman–Crippen MR) is 180 cm³/mol. The number of furan rings is 1. The Balaban J connectivity index is 0.00000338. The van der Waals surface area contributed by atoms with E-state index < -0.39 is 0 Å². The van der Waals surface area contributed by atoms with E-state index in [4.69, 9.17) is 14.1 Å². The molecule has 0 aliphatic carbocycles. The van der Waals surface area contributed by atoms with E-state index in [1.54, 1.807) is 6.20 Å². The van der Waals surface area contributed by atoms with Crippen molar-refractivity contribution in [2.45, 2.75) is 0 Å². The molecule has 0 fully saturated rings. The van der Waals surface area contributed by atoms with E-state index in [0.717, 1.165) is 55.9 Å². The molecular weight excluding hydrogens is 752 g/mol. The second kappa shape index (κ2) is 12.6. The number of fused-ring (bicyclic) bond motifs is 3. The van der Waals surface area contributed by atoms with Crippen molar-refractivity contribution in [3.8, 4) is 22.6 Å². The smallest absolute Gasteiger partial charge is 0.143 e. The average molecular weight is 779 g/mol. The maximum absolute atomic E-state index is 6.44. The van der Waals surface area contributed by atoms with Gasteiger partial charge in [0.2, 0.25) is 0 Å². The zero-order valence-electron chi connectivity index (χ0n) is 24.8. The van der Waals surface area contributed by atoms with Crippen molar-refractivity contribution in [3.63, 3.8) is 0 Å². The van der Waals surface area contributed by atoms with Gasteiger partial charge in [-0.05, 0) is 43.7 Å². The maximum Gasteiger partial charge on any atom is 0.143 e. The van der Waals surface area contributed by atoms with E-state index in [1.807, 2.05) is 121 Å². The average Bonchev–Trinajstić information content (AvgIpc) is 3.70. The molecule has 2 aromatic heterocycles. The molecule has 0 N–H and O–H groups in total. The van der Waals surface area contributed by atoms with E-state index in [9.17, 15) is 0 Å². The molecule has 0 amide bonds. The summed E-state index contributed by atoms with van der Waals surface area (Å²) in [6.07, 6.45) is 5.76. The molecular formula is C39H27N4O2Pt-3. The van der Waals surface area contributed by atoms with Gasteiger partial charge in [-0.25, -0.2) is 4.98 Å². The van der Waals surface area contributed by atoms with Crippen molar-refractivity contribution < 1.29 is 30.2 Å². The Kier molecular flexibility index (Phi) is 8.04. The van der Waals surface area contributed by atoms with Gasteiger partial charge in [0.25, 0.3) is 0 Å². The van der Waals surface area contributed by atoms with Crippen molar-refractivity contribution in [2.24, 2.45) is 0 Å². The minimum atomic E-state index is 0. The summed E-state index contributed by atoms with van der Waals surface area (Å²) in [5.41, 5.74) is 6.32. The first-order chi connectivity index (χ1) is 22.2. The molecule has 0 saturated carbocycles. The van der Waals surface area contributed by atoms with Gasteiger partial charge >= 0.3 is 0 Å². The van der Waals surface area contributed by atoms with Crippen LogP contribution in [0.15, 0.2) is 144 Å². The number of aromatic nitrogens is 1. The summed E-state index contributed by atoms with van der Waals surface area (Å²) in [5.74, 6) is 1.92. The van der Waals surface area contributed by atoms with Crippen LogP contribution in [-0.2, 0) is 21.1 Å². The standard InChI is InChI=1S/C39H27N4O2.Pt/c1-41-23-24-42(27-41)28-11-8-13-30(25-28)44-31-14-9-12-29(26-31)43(38-21-6-7-22-40-38)36-19-4-2-15-32(36)34-17-10-18-35-33-16-3-5-20-37(33)45-39(34)35;/h2-24,27H,1H3;/q-3;. The number of benzene rings is 5. The molecule has 1 aliphatic heterocycles. The Hall–Kier alpha value is -5.32. The van der Waals surface area contributed by atoms with Crippen LogP contribution >= 0.6 is 0 Å². The number of rotatable bonds is 7. The molecule has 7 heteroatoms. The van der Waals surface area contributed by atoms with Gasteiger partial charge in [0.05, 0.1) is 5.69 Å². The summed E-state index contributed by atoms with van der Waals surface area (Å²) in [6.45, 7) is 1.98. The van der Waals surface area contributed by atoms with Gasteiger partial charge in [-0.15, -0.1) is 42.1 Å². The number of pyridine rings is 1. The maximum atomic E-state index is 6.44. The summed E-state index contributed by atoms with van der Waals surface area (Å²) in [5, 5.41) is 2.18. The minimum Gasteiger partial charge on any atom is -0.510 e. The van der Waals surface area contributed by atoms with Gasteiger partial charge in [0.15, 0.2) is 0 Å². The summed E-state index contributed by atoms with van der Waals surface area (Å²) < 4.78 is 12.8. The van der Waals surface area contributed by atoms with Gasteiger partial charge in [0.1, 0.15) is 17.0 Å². The molecule has 7 aromatic rings. The molecule has 0 unspecified atom stereocenters. The topological polar surface area (TPSA) is 45.0 Å². The Morgan fingerprint density at radius 3 is 2.30 bits per heavy atom. The second-order valence-corrected chi connectivity index (χ2v) is 10.7. The minimum absolute atomic E-state index is 0. The van der Waals surface area contributed by atoms with Crippen LogP contribution in [-0.4, -0.2) is 16.9 Å². The molecule has 0 spiro atoms. The summed E-state index contributed by atoms with van der Waals surface area (Å²) in [6, 6.07) is 47.3. The molecule has 0 atom stereocenters. The van der Waals surface area contributed by atoms with E-state index in [1.165, 1.54) is 0 Å². The van der Waals surface area contributed by atoms with Gasteiger partial charge in [-0.3, -0.25) is 0 Å². The Bertz CT molecular complexity index is 2180. The van der Waals surface area contributed by atoms with Gasteiger partial charge in [0, 0.05) is 60.7 Å². The fourth-order valence-corrected chi connectivity index (χ4v) is 5.70. The van der Waals surface area contributed by atoms with Crippen LogP contribution in [0.25, 0.3) is 33.1 Å². The van der Waals surface area contributed by atoms with Crippen LogP contribution in [0, 0.1) is 18.8 Å². The Morgan fingerprint density at radius 1 is 0.717 bits per heavy atom. The number of hydrogen-bond acceptors (Lipinski definition) is 6. The van der Waals surface area contributed by atoms with Crippen LogP contribution in [0.2, 0.25) is 0 Å². The van der Waals surface area contributed by atoms with Crippen molar-refractivity contribution >= 4 is 44.8 Å². The van der Waals surface area contributed by atoms with Crippen molar-refractivity contribution in [3.05, 3.63) is 159 Å². The predicted octanol–water partition coefficient (Wildman–Crippen LogP) is 9.85. The number of anilines is 4. The molecule has 6 nitrogen and oxygen atoms in total. The van der Waals surface area contributed by atoms with Crippen LogP contribution < -0.4 is 14.5 Å². The zero-order valence-corrected chi connectivity index (χ0v) is 27.1. The normalized spacial score (nSPS) is 12.5. The first-order valence-corrected chi connectivity index (χ1v) is 14.7. The molecule has 46 heavy (non-hydrogen) atoms. The van der Waals surface area contributed by atoms with Gasteiger partial charge in [-0.2, -0.15) is 18.8 Å². The third-order valence-electron chi connectivity index (χ3n) is 7.73. The van der Waals surface area contributed by atoms with Gasteiger partial charge < -0.3 is 23.9 Å². The molecule has 228 valence electrons. The van der Waals surface area contributed by atoms with E-state index >= 15 is 0 Å². The molecule has 0 bridgehead atoms. The second-order valence-electron chi connectivity index (χ2n) is 10.7. The first kappa shape index (κ1) is 29.4. The van der Waals surface area contributed by atoms with E-state index in [-0.39, 0.29) is 21.1 Å². The monoisotopic (exact) mass is 778 g/mol. The SMILES string of the molecule is CN1C=CN(c2[c-]c(Oc3[c-]c(N(c4ccccn4)c4ccccc4-c4cccc5c4oc4ccccc45)ccc3)ccc2)[CH-]1.[Pt]. The summed E-state index contributed by atoms with van der Waals surface area (Å²) in [7, 11) is 1.99. The molecule has 0 saturated heterocycles. The number of ether oxygens (including phenoxy) is 1. The fraction of sp³-hybridized carbons (Fsp3) is 0.0256. The molecule has 5 aromatic carbocycles. The van der Waals surface area contributed by atoms with Crippen molar-refractivity contribution in [1.29, 1.82) is 0 Å². The van der Waals surface area contributed by atoms with Crippen molar-refractivity contribution in [1.82, 2.24) is 9.88 Å².